The van der Waals surface area contributed by atoms with Crippen LogP contribution in [0.4, 0.5) is 0 Å². The van der Waals surface area contributed by atoms with Crippen molar-refractivity contribution in [2.45, 2.75) is 27.2 Å². The van der Waals surface area contributed by atoms with Crippen molar-refractivity contribution < 1.29 is 0 Å². The lowest BCUT2D eigenvalue weighted by atomic mass is 10.2. The van der Waals surface area contributed by atoms with Gasteiger partial charge in [-0.1, -0.05) is 6.92 Å². The molecule has 0 atom stereocenters. The molecule has 0 unspecified atom stereocenters. The van der Waals surface area contributed by atoms with Gasteiger partial charge < -0.3 is 4.98 Å². The Bertz CT molecular complexity index is 604. The third kappa shape index (κ3) is 2.22. The van der Waals surface area contributed by atoms with Crippen molar-refractivity contribution in [3.8, 4) is 11.5 Å². The number of nitrogens with one attached hydrogen (secondary N) is 1. The third-order valence-electron chi connectivity index (χ3n) is 2.61. The first-order valence-corrected chi connectivity index (χ1v) is 5.51. The average molecular weight is 230 g/mol. The molecule has 0 amide bonds. The molecule has 0 spiro atoms. The lowest BCUT2D eigenvalue weighted by Crippen LogP contribution is -2.16. The fraction of sp³-hybridized carbons (Fsp3) is 0.333. The summed E-state index contributed by atoms with van der Waals surface area (Å²) in [6.07, 6.45) is 2.38. The Morgan fingerprint density at radius 1 is 1.29 bits per heavy atom. The number of rotatable bonds is 2. The molecule has 0 radical (unpaired) electrons. The standard InChI is InChI=1S/C12H14N4O/c1-4-9-7(2)12(17)16-11(15-9)10-5-6-13-8(3)14-10/h5-6H,4H2,1-3H3,(H,15,16,17). The summed E-state index contributed by atoms with van der Waals surface area (Å²) in [6.45, 7) is 5.56. The van der Waals surface area contributed by atoms with Gasteiger partial charge in [0.2, 0.25) is 0 Å². The van der Waals surface area contributed by atoms with E-state index in [0.29, 0.717) is 22.9 Å². The lowest BCUT2D eigenvalue weighted by Gasteiger charge is -2.05. The lowest BCUT2D eigenvalue weighted by molar-refractivity contribution is 0.941. The van der Waals surface area contributed by atoms with Crippen LogP contribution >= 0.6 is 0 Å². The van der Waals surface area contributed by atoms with E-state index in [9.17, 15) is 4.79 Å². The molecule has 0 aromatic carbocycles. The number of hydrogen-bond donors (Lipinski definition) is 1. The molecule has 17 heavy (non-hydrogen) atoms. The van der Waals surface area contributed by atoms with Crippen LogP contribution in [0.5, 0.6) is 0 Å². The smallest absolute Gasteiger partial charge is 0.254 e. The molecule has 5 heteroatoms. The van der Waals surface area contributed by atoms with Crippen molar-refractivity contribution in [2.24, 2.45) is 0 Å². The van der Waals surface area contributed by atoms with Crippen LogP contribution in [0.25, 0.3) is 11.5 Å². The topological polar surface area (TPSA) is 71.5 Å². The Hall–Kier alpha value is -2.04. The molecule has 2 rings (SSSR count). The van der Waals surface area contributed by atoms with E-state index in [-0.39, 0.29) is 5.56 Å². The fourth-order valence-electron chi connectivity index (χ4n) is 1.63. The van der Waals surface area contributed by atoms with E-state index in [2.05, 4.69) is 19.9 Å². The highest BCUT2D eigenvalue weighted by Gasteiger charge is 2.08. The molecule has 0 bridgehead atoms. The second kappa shape index (κ2) is 4.45. The number of aromatic amines is 1. The molecular weight excluding hydrogens is 216 g/mol. The van der Waals surface area contributed by atoms with Crippen molar-refractivity contribution in [1.82, 2.24) is 19.9 Å². The van der Waals surface area contributed by atoms with E-state index in [1.165, 1.54) is 0 Å². The highest BCUT2D eigenvalue weighted by molar-refractivity contribution is 5.48. The molecule has 0 aliphatic rings. The largest absolute Gasteiger partial charge is 0.305 e. The summed E-state index contributed by atoms with van der Waals surface area (Å²) < 4.78 is 0. The van der Waals surface area contributed by atoms with Crippen LogP contribution < -0.4 is 5.56 Å². The van der Waals surface area contributed by atoms with E-state index in [1.54, 1.807) is 26.1 Å². The summed E-state index contributed by atoms with van der Waals surface area (Å²) in [5.74, 6) is 1.16. The van der Waals surface area contributed by atoms with Gasteiger partial charge in [0.1, 0.15) is 11.5 Å². The molecule has 2 heterocycles. The van der Waals surface area contributed by atoms with Crippen molar-refractivity contribution in [2.75, 3.05) is 0 Å². The zero-order chi connectivity index (χ0) is 12.4. The van der Waals surface area contributed by atoms with Gasteiger partial charge in [-0.15, -0.1) is 0 Å². The third-order valence-corrected chi connectivity index (χ3v) is 2.61. The highest BCUT2D eigenvalue weighted by atomic mass is 16.1. The van der Waals surface area contributed by atoms with Crippen LogP contribution in [0, 0.1) is 13.8 Å². The van der Waals surface area contributed by atoms with Gasteiger partial charge in [-0.3, -0.25) is 4.79 Å². The summed E-state index contributed by atoms with van der Waals surface area (Å²) in [6, 6.07) is 1.74. The molecule has 5 nitrogen and oxygen atoms in total. The van der Waals surface area contributed by atoms with Crippen molar-refractivity contribution in [1.29, 1.82) is 0 Å². The van der Waals surface area contributed by atoms with Crippen LogP contribution in [0.15, 0.2) is 17.1 Å². The van der Waals surface area contributed by atoms with E-state index < -0.39 is 0 Å². The van der Waals surface area contributed by atoms with Gasteiger partial charge >= 0.3 is 0 Å². The number of hydrogen-bond acceptors (Lipinski definition) is 4. The minimum atomic E-state index is -0.108. The molecule has 0 saturated carbocycles. The van der Waals surface area contributed by atoms with Crippen molar-refractivity contribution >= 4 is 0 Å². The summed E-state index contributed by atoms with van der Waals surface area (Å²) in [5, 5.41) is 0. The number of aryl methyl sites for hydroxylation is 2. The quantitative estimate of drug-likeness (QED) is 0.846. The van der Waals surface area contributed by atoms with Crippen LogP contribution in [-0.4, -0.2) is 19.9 Å². The van der Waals surface area contributed by atoms with E-state index in [1.807, 2.05) is 6.92 Å². The van der Waals surface area contributed by atoms with Gasteiger partial charge in [0, 0.05) is 11.8 Å². The minimum Gasteiger partial charge on any atom is -0.305 e. The van der Waals surface area contributed by atoms with E-state index >= 15 is 0 Å². The monoisotopic (exact) mass is 230 g/mol. The van der Waals surface area contributed by atoms with Crippen LogP contribution in [0.1, 0.15) is 24.0 Å². The maximum absolute atomic E-state index is 11.7. The van der Waals surface area contributed by atoms with E-state index in [0.717, 1.165) is 12.1 Å². The number of aromatic nitrogens is 4. The van der Waals surface area contributed by atoms with Gasteiger partial charge in [0.15, 0.2) is 5.82 Å². The zero-order valence-corrected chi connectivity index (χ0v) is 10.1. The normalized spacial score (nSPS) is 10.5. The molecule has 0 fully saturated rings. The first-order valence-electron chi connectivity index (χ1n) is 5.51. The van der Waals surface area contributed by atoms with Crippen LogP contribution in [0.2, 0.25) is 0 Å². The maximum atomic E-state index is 11.7. The van der Waals surface area contributed by atoms with Crippen LogP contribution in [0.3, 0.4) is 0 Å². The van der Waals surface area contributed by atoms with Crippen molar-refractivity contribution in [3.63, 3.8) is 0 Å². The SMILES string of the molecule is CCc1nc(-c2ccnc(C)n2)[nH]c(=O)c1C. The second-order valence-electron chi connectivity index (χ2n) is 3.83. The minimum absolute atomic E-state index is 0.108. The molecule has 0 saturated heterocycles. The second-order valence-corrected chi connectivity index (χ2v) is 3.83. The van der Waals surface area contributed by atoms with E-state index in [4.69, 9.17) is 0 Å². The number of H-pyrrole nitrogens is 1. The fourth-order valence-corrected chi connectivity index (χ4v) is 1.63. The van der Waals surface area contributed by atoms with Gasteiger partial charge in [-0.2, -0.15) is 0 Å². The van der Waals surface area contributed by atoms with Gasteiger partial charge in [0.05, 0.1) is 5.69 Å². The molecule has 0 aliphatic carbocycles. The highest BCUT2D eigenvalue weighted by Crippen LogP contribution is 2.11. The Morgan fingerprint density at radius 2 is 2.06 bits per heavy atom. The van der Waals surface area contributed by atoms with Crippen LogP contribution in [-0.2, 0) is 6.42 Å². The molecular formula is C12H14N4O. The Morgan fingerprint density at radius 3 is 2.71 bits per heavy atom. The summed E-state index contributed by atoms with van der Waals surface area (Å²) in [4.78, 5) is 27.2. The average Bonchev–Trinajstić information content (AvgIpc) is 2.32. The Kier molecular flexibility index (Phi) is 2.99. The van der Waals surface area contributed by atoms with Gasteiger partial charge in [-0.25, -0.2) is 15.0 Å². The molecule has 0 aliphatic heterocycles. The summed E-state index contributed by atoms with van der Waals surface area (Å²) >= 11 is 0. The first-order chi connectivity index (χ1) is 8.11. The van der Waals surface area contributed by atoms with Gasteiger partial charge in [0.25, 0.3) is 5.56 Å². The molecule has 88 valence electrons. The first kappa shape index (κ1) is 11.4. The molecule has 1 N–H and O–H groups in total. The molecule has 2 aromatic heterocycles. The predicted molar refractivity (Wildman–Crippen MR) is 64.7 cm³/mol. The maximum Gasteiger partial charge on any atom is 0.254 e. The number of nitrogens with zero attached hydrogens (tertiary/aromatic N) is 3. The summed E-state index contributed by atoms with van der Waals surface area (Å²) in [5.41, 5.74) is 2.01. The Labute approximate surface area is 99.0 Å². The predicted octanol–water partition coefficient (Wildman–Crippen LogP) is 1.41. The molecule has 2 aromatic rings. The zero-order valence-electron chi connectivity index (χ0n) is 10.1. The Balaban J connectivity index is 2.61. The van der Waals surface area contributed by atoms with Gasteiger partial charge in [-0.05, 0) is 26.3 Å². The van der Waals surface area contributed by atoms with Crippen molar-refractivity contribution in [3.05, 3.63) is 39.7 Å². The summed E-state index contributed by atoms with van der Waals surface area (Å²) in [7, 11) is 0.